The summed E-state index contributed by atoms with van der Waals surface area (Å²) >= 11 is 0. The van der Waals surface area contributed by atoms with Crippen LogP contribution in [0.4, 0.5) is 17.1 Å². The predicted molar refractivity (Wildman–Crippen MR) is 224 cm³/mol. The van der Waals surface area contributed by atoms with Gasteiger partial charge in [0.2, 0.25) is 0 Å². The Hall–Kier alpha value is -6.44. The molecule has 0 spiro atoms. The van der Waals surface area contributed by atoms with E-state index in [-0.39, 0.29) is 0 Å². The molecular formula is C53H39N. The maximum absolute atomic E-state index is 2.55. The third-order valence-corrected chi connectivity index (χ3v) is 12.4. The second kappa shape index (κ2) is 12.3. The Bertz CT molecular complexity index is 2580. The Morgan fingerprint density at radius 2 is 0.778 bits per heavy atom. The highest BCUT2D eigenvalue weighted by Gasteiger charge is 2.48. The van der Waals surface area contributed by atoms with Crippen LogP contribution in [0, 0.1) is 0 Å². The Morgan fingerprint density at radius 1 is 0.333 bits per heavy atom. The van der Waals surface area contributed by atoms with Crippen molar-refractivity contribution in [3.8, 4) is 33.4 Å². The molecule has 256 valence electrons. The number of para-hydroxylation sites is 2. The van der Waals surface area contributed by atoms with Gasteiger partial charge in [0, 0.05) is 16.7 Å². The number of anilines is 3. The van der Waals surface area contributed by atoms with E-state index < -0.39 is 5.41 Å². The molecule has 1 nitrogen and oxygen atoms in total. The first kappa shape index (κ1) is 31.1. The van der Waals surface area contributed by atoms with Gasteiger partial charge in [-0.2, -0.15) is 0 Å². The maximum Gasteiger partial charge on any atom is 0.0714 e. The van der Waals surface area contributed by atoms with Crippen LogP contribution in [0.25, 0.3) is 33.4 Å². The molecule has 0 aliphatic heterocycles. The summed E-state index contributed by atoms with van der Waals surface area (Å²) in [4.78, 5) is 2.55. The van der Waals surface area contributed by atoms with Crippen molar-refractivity contribution < 1.29 is 0 Å². The molecule has 3 aliphatic carbocycles. The molecule has 0 saturated heterocycles. The number of benzene rings is 8. The fourth-order valence-corrected chi connectivity index (χ4v) is 9.59. The van der Waals surface area contributed by atoms with Crippen LogP contribution >= 0.6 is 0 Å². The van der Waals surface area contributed by atoms with Crippen LogP contribution in [-0.4, -0.2) is 0 Å². The smallest absolute Gasteiger partial charge is 0.0714 e. The largest absolute Gasteiger partial charge is 0.309 e. The van der Waals surface area contributed by atoms with Crippen LogP contribution < -0.4 is 4.90 Å². The second-order valence-corrected chi connectivity index (χ2v) is 15.1. The summed E-state index contributed by atoms with van der Waals surface area (Å²) in [6.45, 7) is 0. The van der Waals surface area contributed by atoms with Crippen LogP contribution in [0.1, 0.15) is 44.5 Å². The summed E-state index contributed by atoms with van der Waals surface area (Å²) in [7, 11) is 0. The van der Waals surface area contributed by atoms with Gasteiger partial charge in [-0.25, -0.2) is 0 Å². The predicted octanol–water partition coefficient (Wildman–Crippen LogP) is 13.1. The molecule has 1 heteroatoms. The van der Waals surface area contributed by atoms with Crippen molar-refractivity contribution in [3.63, 3.8) is 0 Å². The van der Waals surface area contributed by atoms with E-state index in [1.54, 1.807) is 0 Å². The van der Waals surface area contributed by atoms with E-state index >= 15 is 0 Å². The first-order chi connectivity index (χ1) is 26.8. The molecule has 0 radical (unpaired) electrons. The lowest BCUT2D eigenvalue weighted by atomic mass is 9.65. The molecule has 0 fully saturated rings. The van der Waals surface area contributed by atoms with Crippen LogP contribution in [0.15, 0.2) is 188 Å². The molecular weight excluding hydrogens is 651 g/mol. The van der Waals surface area contributed by atoms with E-state index in [9.17, 15) is 0 Å². The van der Waals surface area contributed by atoms with Crippen molar-refractivity contribution in [3.05, 3.63) is 233 Å². The molecule has 0 bridgehead atoms. The van der Waals surface area contributed by atoms with E-state index in [2.05, 4.69) is 193 Å². The molecule has 0 unspecified atom stereocenters. The number of hydrogen-bond donors (Lipinski definition) is 0. The van der Waals surface area contributed by atoms with E-state index in [0.717, 1.165) is 24.2 Å². The highest BCUT2D eigenvalue weighted by Crippen LogP contribution is 2.61. The van der Waals surface area contributed by atoms with Crippen molar-refractivity contribution in [2.75, 3.05) is 4.90 Å². The first-order valence-corrected chi connectivity index (χ1v) is 19.4. The third-order valence-electron chi connectivity index (χ3n) is 12.4. The molecule has 8 aromatic rings. The molecule has 0 heterocycles. The Balaban J connectivity index is 1.25. The minimum absolute atomic E-state index is 0.458. The van der Waals surface area contributed by atoms with Gasteiger partial charge >= 0.3 is 0 Å². The van der Waals surface area contributed by atoms with Gasteiger partial charge in [0.15, 0.2) is 0 Å². The molecule has 11 rings (SSSR count). The lowest BCUT2D eigenvalue weighted by Gasteiger charge is -2.37. The van der Waals surface area contributed by atoms with Crippen molar-refractivity contribution in [2.45, 2.75) is 31.1 Å². The minimum Gasteiger partial charge on any atom is -0.309 e. The Kier molecular flexibility index (Phi) is 7.10. The molecule has 0 atom stereocenters. The fraction of sp³-hybridized carbons (Fsp3) is 0.0943. The normalized spacial score (nSPS) is 14.1. The molecule has 3 aliphatic rings. The van der Waals surface area contributed by atoms with Gasteiger partial charge in [0.1, 0.15) is 0 Å². The van der Waals surface area contributed by atoms with Gasteiger partial charge in [-0.15, -0.1) is 0 Å². The van der Waals surface area contributed by atoms with Crippen LogP contribution in [0.3, 0.4) is 0 Å². The van der Waals surface area contributed by atoms with Crippen LogP contribution in [0.5, 0.6) is 0 Å². The average Bonchev–Trinajstić information content (AvgIpc) is 3.52. The monoisotopic (exact) mass is 689 g/mol. The Morgan fingerprint density at radius 3 is 1.30 bits per heavy atom. The quantitative estimate of drug-likeness (QED) is 0.161. The van der Waals surface area contributed by atoms with Gasteiger partial charge < -0.3 is 4.90 Å². The molecule has 0 saturated carbocycles. The molecule has 54 heavy (non-hydrogen) atoms. The van der Waals surface area contributed by atoms with E-state index in [1.807, 2.05) is 0 Å². The molecule has 0 amide bonds. The van der Waals surface area contributed by atoms with E-state index in [0.29, 0.717) is 0 Å². The Labute approximate surface area is 317 Å². The SMILES string of the molecule is c1ccc(-c2ccccc2N(c2ccccc2-c2ccccc2)c2cccc3c2-c2ccccc2C3(c2ccc3c(c2)CC3)c2ccc3c(c2)CC3)cc1. The summed E-state index contributed by atoms with van der Waals surface area (Å²) in [5, 5.41) is 0. The zero-order valence-electron chi connectivity index (χ0n) is 30.2. The number of nitrogens with zero attached hydrogens (tertiary/aromatic N) is 1. The first-order valence-electron chi connectivity index (χ1n) is 19.4. The average molecular weight is 690 g/mol. The van der Waals surface area contributed by atoms with Crippen molar-refractivity contribution in [1.29, 1.82) is 0 Å². The van der Waals surface area contributed by atoms with Crippen LogP contribution in [-0.2, 0) is 31.1 Å². The van der Waals surface area contributed by atoms with Crippen molar-refractivity contribution >= 4 is 17.1 Å². The zero-order valence-corrected chi connectivity index (χ0v) is 30.2. The fourth-order valence-electron chi connectivity index (χ4n) is 9.59. The van der Waals surface area contributed by atoms with Gasteiger partial charge in [-0.3, -0.25) is 0 Å². The van der Waals surface area contributed by atoms with Crippen molar-refractivity contribution in [1.82, 2.24) is 0 Å². The van der Waals surface area contributed by atoms with E-state index in [4.69, 9.17) is 0 Å². The van der Waals surface area contributed by atoms with Gasteiger partial charge in [0.25, 0.3) is 0 Å². The standard InChI is InChI=1S/C53H39N/c1-3-14-38(15-4-1)44-18-8-11-23-49(44)54(50-24-12-9-19-45(50)39-16-5-2-6-17-39)51-25-13-22-48-52(51)46-20-7-10-21-47(46)53(48,42-32-30-36-26-28-40(36)34-42)43-33-31-37-27-29-41(37)35-43/h1-25,30-35H,26-29H2. The second-order valence-electron chi connectivity index (χ2n) is 15.1. The number of fused-ring (bicyclic) bond motifs is 5. The minimum atomic E-state index is -0.458. The summed E-state index contributed by atoms with van der Waals surface area (Å²) in [5.41, 5.74) is 21.8. The summed E-state index contributed by atoms with van der Waals surface area (Å²) in [5.74, 6) is 0. The van der Waals surface area contributed by atoms with E-state index in [1.165, 1.54) is 96.4 Å². The number of rotatable bonds is 7. The topological polar surface area (TPSA) is 3.24 Å². The highest BCUT2D eigenvalue weighted by atomic mass is 15.2. The summed E-state index contributed by atoms with van der Waals surface area (Å²) in [6.07, 6.45) is 4.65. The number of hydrogen-bond acceptors (Lipinski definition) is 1. The molecule has 0 aromatic heterocycles. The van der Waals surface area contributed by atoms with Gasteiger partial charge in [-0.1, -0.05) is 170 Å². The number of aryl methyl sites for hydroxylation is 4. The summed E-state index contributed by atoms with van der Waals surface area (Å²) in [6, 6.07) is 70.6. The maximum atomic E-state index is 2.55. The van der Waals surface area contributed by atoms with Gasteiger partial charge in [-0.05, 0) is 105 Å². The molecule has 0 N–H and O–H groups in total. The lowest BCUT2D eigenvalue weighted by Crippen LogP contribution is -2.30. The zero-order chi connectivity index (χ0) is 35.6. The van der Waals surface area contributed by atoms with Crippen molar-refractivity contribution in [2.24, 2.45) is 0 Å². The molecule has 8 aromatic carbocycles. The third kappa shape index (κ3) is 4.58. The van der Waals surface area contributed by atoms with Gasteiger partial charge in [0.05, 0.1) is 22.5 Å². The lowest BCUT2D eigenvalue weighted by molar-refractivity contribution is 0.740. The summed E-state index contributed by atoms with van der Waals surface area (Å²) < 4.78 is 0. The highest BCUT2D eigenvalue weighted by molar-refractivity contribution is 6.01. The van der Waals surface area contributed by atoms with Crippen LogP contribution in [0.2, 0.25) is 0 Å².